The Balaban J connectivity index is 2.25. The Bertz CT molecular complexity index is 725. The van der Waals surface area contributed by atoms with E-state index in [-0.39, 0.29) is 6.61 Å². The van der Waals surface area contributed by atoms with Crippen LogP contribution in [0, 0.1) is 0 Å². The Morgan fingerprint density at radius 2 is 2.04 bits per heavy atom. The molecule has 0 heterocycles. The van der Waals surface area contributed by atoms with Crippen molar-refractivity contribution in [1.29, 1.82) is 0 Å². The molecule has 2 aromatic rings. The van der Waals surface area contributed by atoms with Crippen molar-refractivity contribution in [2.75, 3.05) is 30.6 Å². The standard InChI is InChI=1S/C17H20ClN3OS2/c1-21(16-11-14(24-9-8-22)6-7-15(16)18)17(19)20-12-4-3-5-13(10-12)23-2/h3-7,10-11,22H,8-9H2,1-2H3,(H2,19,20). The van der Waals surface area contributed by atoms with Gasteiger partial charge in [0.2, 0.25) is 5.96 Å². The van der Waals surface area contributed by atoms with E-state index in [0.29, 0.717) is 16.7 Å². The van der Waals surface area contributed by atoms with Gasteiger partial charge in [-0.1, -0.05) is 17.7 Å². The van der Waals surface area contributed by atoms with Crippen molar-refractivity contribution < 1.29 is 5.11 Å². The van der Waals surface area contributed by atoms with Crippen LogP contribution in [0.2, 0.25) is 5.02 Å². The summed E-state index contributed by atoms with van der Waals surface area (Å²) in [5.41, 5.74) is 7.73. The Labute approximate surface area is 156 Å². The summed E-state index contributed by atoms with van der Waals surface area (Å²) in [7, 11) is 1.83. The van der Waals surface area contributed by atoms with Crippen LogP contribution in [-0.2, 0) is 0 Å². The van der Waals surface area contributed by atoms with Crippen LogP contribution in [-0.4, -0.2) is 36.7 Å². The molecule has 2 rings (SSSR count). The van der Waals surface area contributed by atoms with Crippen molar-refractivity contribution in [1.82, 2.24) is 0 Å². The highest BCUT2D eigenvalue weighted by atomic mass is 35.5. The molecule has 4 nitrogen and oxygen atoms in total. The van der Waals surface area contributed by atoms with Gasteiger partial charge in [-0.25, -0.2) is 4.99 Å². The van der Waals surface area contributed by atoms with E-state index in [1.54, 1.807) is 28.4 Å². The maximum atomic E-state index is 8.96. The topological polar surface area (TPSA) is 61.8 Å². The number of anilines is 1. The molecule has 0 aliphatic carbocycles. The van der Waals surface area contributed by atoms with Crippen LogP contribution in [0.3, 0.4) is 0 Å². The molecule has 0 saturated heterocycles. The summed E-state index contributed by atoms with van der Waals surface area (Å²) in [6, 6.07) is 13.6. The number of hydrogen-bond donors (Lipinski definition) is 2. The summed E-state index contributed by atoms with van der Waals surface area (Å²) in [4.78, 5) is 8.39. The number of aliphatic hydroxyl groups excluding tert-OH is 1. The van der Waals surface area contributed by atoms with Gasteiger partial charge in [0.15, 0.2) is 0 Å². The molecule has 0 saturated carbocycles. The largest absolute Gasteiger partial charge is 0.396 e. The SMILES string of the molecule is CSc1cccc(N=C(N)N(C)c2cc(SCCO)ccc2Cl)c1. The van der Waals surface area contributed by atoms with Crippen LogP contribution in [0.4, 0.5) is 11.4 Å². The molecule has 0 radical (unpaired) electrons. The van der Waals surface area contributed by atoms with Gasteiger partial charge in [0.1, 0.15) is 0 Å². The lowest BCUT2D eigenvalue weighted by Gasteiger charge is -2.20. The fourth-order valence-electron chi connectivity index (χ4n) is 2.01. The number of aliphatic hydroxyl groups is 1. The molecule has 0 fully saturated rings. The molecule has 0 unspecified atom stereocenters. The molecule has 0 atom stereocenters. The number of hydrogen-bond acceptors (Lipinski definition) is 4. The van der Waals surface area contributed by atoms with Crippen molar-refractivity contribution in [3.63, 3.8) is 0 Å². The third-order valence-corrected chi connectivity index (χ3v) is 5.30. The van der Waals surface area contributed by atoms with Crippen molar-refractivity contribution in [2.45, 2.75) is 9.79 Å². The van der Waals surface area contributed by atoms with Gasteiger partial charge in [-0.3, -0.25) is 0 Å². The molecule has 3 N–H and O–H groups in total. The monoisotopic (exact) mass is 381 g/mol. The van der Waals surface area contributed by atoms with E-state index in [1.165, 1.54) is 0 Å². The number of nitrogens with zero attached hydrogens (tertiary/aromatic N) is 2. The number of thioether (sulfide) groups is 2. The van der Waals surface area contributed by atoms with Crippen molar-refractivity contribution in [2.24, 2.45) is 10.7 Å². The van der Waals surface area contributed by atoms with Gasteiger partial charge >= 0.3 is 0 Å². The molecule has 0 spiro atoms. The maximum Gasteiger partial charge on any atom is 0.200 e. The summed E-state index contributed by atoms with van der Waals surface area (Å²) in [5, 5.41) is 9.56. The number of halogens is 1. The van der Waals surface area contributed by atoms with Crippen LogP contribution >= 0.6 is 35.1 Å². The van der Waals surface area contributed by atoms with Crippen molar-refractivity contribution in [3.05, 3.63) is 47.5 Å². The van der Waals surface area contributed by atoms with E-state index < -0.39 is 0 Å². The van der Waals surface area contributed by atoms with Gasteiger partial charge in [-0.2, -0.15) is 0 Å². The predicted octanol–water partition coefficient (Wildman–Crippen LogP) is 4.23. The zero-order valence-corrected chi connectivity index (χ0v) is 16.0. The first-order valence-electron chi connectivity index (χ1n) is 7.30. The van der Waals surface area contributed by atoms with Crippen molar-refractivity contribution >= 4 is 52.5 Å². The molecule has 7 heteroatoms. The van der Waals surface area contributed by atoms with E-state index in [9.17, 15) is 0 Å². The highest BCUT2D eigenvalue weighted by molar-refractivity contribution is 7.99. The third-order valence-electron chi connectivity index (χ3n) is 3.28. The molecule has 0 bridgehead atoms. The summed E-state index contributed by atoms with van der Waals surface area (Å²) in [5.74, 6) is 0.995. The number of guanidine groups is 1. The minimum absolute atomic E-state index is 0.133. The minimum Gasteiger partial charge on any atom is -0.396 e. The average Bonchev–Trinajstić information content (AvgIpc) is 2.60. The van der Waals surface area contributed by atoms with E-state index in [2.05, 4.69) is 4.99 Å². The van der Waals surface area contributed by atoms with Gasteiger partial charge in [-0.15, -0.1) is 23.5 Å². The number of aliphatic imine (C=N–C) groups is 1. The second-order valence-corrected chi connectivity index (χ2v) is 7.37. The second kappa shape index (κ2) is 9.22. The molecule has 0 aliphatic rings. The van der Waals surface area contributed by atoms with E-state index in [1.807, 2.05) is 55.8 Å². The van der Waals surface area contributed by atoms with Gasteiger partial charge in [0.25, 0.3) is 0 Å². The Hall–Kier alpha value is -1.34. The van der Waals surface area contributed by atoms with Gasteiger partial charge in [0, 0.05) is 22.6 Å². The fraction of sp³-hybridized carbons (Fsp3) is 0.235. The molecular weight excluding hydrogens is 362 g/mol. The average molecular weight is 382 g/mol. The maximum absolute atomic E-state index is 8.96. The van der Waals surface area contributed by atoms with Crippen LogP contribution in [0.1, 0.15) is 0 Å². The van der Waals surface area contributed by atoms with Crippen LogP contribution in [0.15, 0.2) is 57.2 Å². The zero-order chi connectivity index (χ0) is 17.5. The fourth-order valence-corrected chi connectivity index (χ4v) is 3.40. The summed E-state index contributed by atoms with van der Waals surface area (Å²) < 4.78 is 0. The van der Waals surface area contributed by atoms with E-state index in [4.69, 9.17) is 22.4 Å². The summed E-state index contributed by atoms with van der Waals surface area (Å²) >= 11 is 9.53. The Kier molecular flexibility index (Phi) is 7.30. The number of benzene rings is 2. The molecule has 24 heavy (non-hydrogen) atoms. The second-order valence-electron chi connectivity index (χ2n) is 4.92. The van der Waals surface area contributed by atoms with E-state index >= 15 is 0 Å². The first-order chi connectivity index (χ1) is 11.5. The predicted molar refractivity (Wildman–Crippen MR) is 107 cm³/mol. The molecule has 2 aromatic carbocycles. The lowest BCUT2D eigenvalue weighted by molar-refractivity contribution is 0.322. The highest BCUT2D eigenvalue weighted by Gasteiger charge is 2.11. The van der Waals surface area contributed by atoms with E-state index in [0.717, 1.165) is 21.2 Å². The zero-order valence-electron chi connectivity index (χ0n) is 13.6. The Morgan fingerprint density at radius 1 is 1.25 bits per heavy atom. The lowest BCUT2D eigenvalue weighted by Crippen LogP contribution is -2.33. The first kappa shape index (κ1) is 19.0. The smallest absolute Gasteiger partial charge is 0.200 e. The molecule has 128 valence electrons. The normalized spacial score (nSPS) is 11.6. The van der Waals surface area contributed by atoms with Crippen LogP contribution < -0.4 is 10.6 Å². The number of nitrogens with two attached hydrogens (primary N) is 1. The molecule has 0 aromatic heterocycles. The van der Waals surface area contributed by atoms with Gasteiger partial charge < -0.3 is 15.7 Å². The summed E-state index contributed by atoms with van der Waals surface area (Å²) in [6.45, 7) is 0.133. The lowest BCUT2D eigenvalue weighted by atomic mass is 10.3. The highest BCUT2D eigenvalue weighted by Crippen LogP contribution is 2.31. The first-order valence-corrected chi connectivity index (χ1v) is 9.89. The minimum atomic E-state index is 0.133. The summed E-state index contributed by atoms with van der Waals surface area (Å²) in [6.07, 6.45) is 2.02. The Morgan fingerprint density at radius 3 is 2.75 bits per heavy atom. The molecule has 0 aliphatic heterocycles. The quantitative estimate of drug-likeness (QED) is 0.445. The molecular formula is C17H20ClN3OS2. The van der Waals surface area contributed by atoms with Gasteiger partial charge in [0.05, 0.1) is 23.0 Å². The van der Waals surface area contributed by atoms with Crippen molar-refractivity contribution in [3.8, 4) is 0 Å². The van der Waals surface area contributed by atoms with Crippen LogP contribution in [0.5, 0.6) is 0 Å². The third kappa shape index (κ3) is 5.08. The molecule has 0 amide bonds. The number of rotatable bonds is 6. The van der Waals surface area contributed by atoms with Crippen LogP contribution in [0.25, 0.3) is 0 Å². The van der Waals surface area contributed by atoms with Gasteiger partial charge in [-0.05, 0) is 42.7 Å².